The van der Waals surface area contributed by atoms with Crippen LogP contribution in [-0.4, -0.2) is 22.8 Å². The maximum atomic E-state index is 5.33. The van der Waals surface area contributed by atoms with Crippen LogP contribution in [0.15, 0.2) is 24.5 Å². The van der Waals surface area contributed by atoms with E-state index in [9.17, 15) is 0 Å². The fraction of sp³-hybridized carbons (Fsp3) is 0.643. The van der Waals surface area contributed by atoms with Crippen LogP contribution in [0, 0.1) is 5.41 Å². The van der Waals surface area contributed by atoms with Gasteiger partial charge in [-0.3, -0.25) is 0 Å². The molecule has 1 aliphatic carbocycles. The zero-order chi connectivity index (χ0) is 11.7. The predicted molar refractivity (Wildman–Crippen MR) is 66.9 cm³/mol. The van der Waals surface area contributed by atoms with Gasteiger partial charge in [0.2, 0.25) is 0 Å². The molecule has 1 saturated heterocycles. The molecule has 17 heavy (non-hydrogen) atoms. The first-order valence-corrected chi connectivity index (χ1v) is 6.51. The maximum absolute atomic E-state index is 5.33. The Morgan fingerprint density at radius 2 is 2.35 bits per heavy atom. The number of hydrogen-bond acceptors (Lipinski definition) is 2. The molecule has 0 bridgehead atoms. The van der Waals surface area contributed by atoms with Crippen LogP contribution >= 0.6 is 0 Å². The lowest BCUT2D eigenvalue weighted by molar-refractivity contribution is -0.110. The second-order valence-corrected chi connectivity index (χ2v) is 5.70. The summed E-state index contributed by atoms with van der Waals surface area (Å²) in [7, 11) is 0. The fourth-order valence-electron chi connectivity index (χ4n) is 2.80. The van der Waals surface area contributed by atoms with E-state index in [0.29, 0.717) is 11.3 Å². The average Bonchev–Trinajstić information content (AvgIpc) is 2.76. The van der Waals surface area contributed by atoms with Crippen LogP contribution in [0.3, 0.4) is 0 Å². The minimum atomic E-state index is 0.319. The van der Waals surface area contributed by atoms with Crippen molar-refractivity contribution in [2.24, 2.45) is 5.41 Å². The van der Waals surface area contributed by atoms with Crippen molar-refractivity contribution in [1.29, 1.82) is 0 Å². The maximum Gasteiger partial charge on any atom is 0.112 e. The molecule has 1 fully saturated rings. The van der Waals surface area contributed by atoms with E-state index in [1.807, 2.05) is 6.20 Å². The number of aromatic nitrogens is 2. The Labute approximate surface area is 102 Å². The Kier molecular flexibility index (Phi) is 2.79. The first-order chi connectivity index (χ1) is 8.27. The van der Waals surface area contributed by atoms with Gasteiger partial charge in [0.1, 0.15) is 5.82 Å². The molecule has 0 radical (unpaired) electrons. The van der Waals surface area contributed by atoms with Gasteiger partial charge in [0, 0.05) is 30.3 Å². The number of imidazole rings is 1. The van der Waals surface area contributed by atoms with E-state index in [1.165, 1.54) is 18.7 Å². The van der Waals surface area contributed by atoms with Gasteiger partial charge in [-0.05, 0) is 19.3 Å². The van der Waals surface area contributed by atoms with E-state index in [1.54, 1.807) is 0 Å². The molecule has 0 amide bonds. The summed E-state index contributed by atoms with van der Waals surface area (Å²) >= 11 is 0. The monoisotopic (exact) mass is 232 g/mol. The number of ether oxygens (including phenoxy) is 1. The highest BCUT2D eigenvalue weighted by atomic mass is 16.5. The lowest BCUT2D eigenvalue weighted by atomic mass is 9.88. The third-order valence-electron chi connectivity index (χ3n) is 3.84. The van der Waals surface area contributed by atoms with Gasteiger partial charge in [-0.1, -0.05) is 19.1 Å². The molecule has 0 spiro atoms. The number of hydrogen-bond donors (Lipinski definition) is 0. The van der Waals surface area contributed by atoms with E-state index >= 15 is 0 Å². The molecule has 92 valence electrons. The Bertz CT molecular complexity index is 418. The molecule has 1 aliphatic heterocycles. The smallest absolute Gasteiger partial charge is 0.112 e. The zero-order valence-electron chi connectivity index (χ0n) is 10.4. The Balaban J connectivity index is 1.76. The molecule has 3 heteroatoms. The topological polar surface area (TPSA) is 27.1 Å². The first-order valence-electron chi connectivity index (χ1n) is 6.51. The van der Waals surface area contributed by atoms with Crippen LogP contribution in [-0.2, 0) is 11.3 Å². The summed E-state index contributed by atoms with van der Waals surface area (Å²) in [5.41, 5.74) is 0.319. The van der Waals surface area contributed by atoms with E-state index in [0.717, 1.165) is 26.2 Å². The number of allylic oxidation sites excluding steroid dienone is 2. The summed E-state index contributed by atoms with van der Waals surface area (Å²) in [4.78, 5) is 4.57. The third kappa shape index (κ3) is 2.16. The zero-order valence-corrected chi connectivity index (χ0v) is 10.4. The van der Waals surface area contributed by atoms with Gasteiger partial charge in [0.25, 0.3) is 0 Å². The van der Waals surface area contributed by atoms with Crippen LogP contribution in [0.25, 0.3) is 0 Å². The van der Waals surface area contributed by atoms with Crippen LogP contribution in [0.1, 0.15) is 37.9 Å². The summed E-state index contributed by atoms with van der Waals surface area (Å²) in [6, 6.07) is 0. The van der Waals surface area contributed by atoms with Gasteiger partial charge >= 0.3 is 0 Å². The summed E-state index contributed by atoms with van der Waals surface area (Å²) in [6.45, 7) is 5.11. The van der Waals surface area contributed by atoms with Crippen LogP contribution in [0.2, 0.25) is 0 Å². The Hall–Kier alpha value is -1.09. The molecular formula is C14H20N2O. The average molecular weight is 232 g/mol. The molecule has 3 rings (SSSR count). The quantitative estimate of drug-likeness (QED) is 0.749. The normalized spacial score (nSPS) is 26.8. The molecule has 2 heterocycles. The summed E-state index contributed by atoms with van der Waals surface area (Å²) in [5.74, 6) is 1.88. The second-order valence-electron chi connectivity index (χ2n) is 5.70. The van der Waals surface area contributed by atoms with Gasteiger partial charge < -0.3 is 9.30 Å². The second kappa shape index (κ2) is 4.30. The SMILES string of the molecule is CC1(Cn2ccnc2C2CC=CCC2)COC1. The fourth-order valence-corrected chi connectivity index (χ4v) is 2.80. The van der Waals surface area contributed by atoms with Crippen molar-refractivity contribution in [2.75, 3.05) is 13.2 Å². The van der Waals surface area contributed by atoms with Crippen molar-refractivity contribution in [1.82, 2.24) is 9.55 Å². The summed E-state index contributed by atoms with van der Waals surface area (Å²) < 4.78 is 7.67. The lowest BCUT2D eigenvalue weighted by Gasteiger charge is -2.39. The van der Waals surface area contributed by atoms with E-state index in [4.69, 9.17) is 4.74 Å². The highest BCUT2D eigenvalue weighted by molar-refractivity contribution is 5.07. The third-order valence-corrected chi connectivity index (χ3v) is 3.84. The van der Waals surface area contributed by atoms with Crippen molar-refractivity contribution in [3.8, 4) is 0 Å². The van der Waals surface area contributed by atoms with Gasteiger partial charge in [-0.25, -0.2) is 4.98 Å². The van der Waals surface area contributed by atoms with E-state index < -0.39 is 0 Å². The molecule has 1 unspecified atom stereocenters. The van der Waals surface area contributed by atoms with Crippen LogP contribution in [0.4, 0.5) is 0 Å². The molecule has 2 aliphatic rings. The molecule has 1 aromatic heterocycles. The lowest BCUT2D eigenvalue weighted by Crippen LogP contribution is -2.43. The summed E-state index contributed by atoms with van der Waals surface area (Å²) in [6.07, 6.45) is 12.2. The molecule has 3 nitrogen and oxygen atoms in total. The first kappa shape index (κ1) is 11.0. The van der Waals surface area contributed by atoms with Gasteiger partial charge in [-0.15, -0.1) is 0 Å². The van der Waals surface area contributed by atoms with E-state index in [-0.39, 0.29) is 0 Å². The Morgan fingerprint density at radius 1 is 1.47 bits per heavy atom. The van der Waals surface area contributed by atoms with Crippen LogP contribution in [0.5, 0.6) is 0 Å². The molecule has 1 aromatic rings. The Morgan fingerprint density at radius 3 is 3.00 bits per heavy atom. The largest absolute Gasteiger partial charge is 0.380 e. The van der Waals surface area contributed by atoms with Crippen molar-refractivity contribution in [2.45, 2.75) is 38.6 Å². The molecular weight excluding hydrogens is 212 g/mol. The highest BCUT2D eigenvalue weighted by Gasteiger charge is 2.34. The molecule has 0 N–H and O–H groups in total. The minimum Gasteiger partial charge on any atom is -0.380 e. The number of nitrogens with zero attached hydrogens (tertiary/aromatic N) is 2. The number of rotatable bonds is 3. The minimum absolute atomic E-state index is 0.319. The summed E-state index contributed by atoms with van der Waals surface area (Å²) in [5, 5.41) is 0. The van der Waals surface area contributed by atoms with Gasteiger partial charge in [0.15, 0.2) is 0 Å². The van der Waals surface area contributed by atoms with E-state index in [2.05, 4.69) is 34.8 Å². The molecule has 0 saturated carbocycles. The molecule has 1 atom stereocenters. The van der Waals surface area contributed by atoms with Crippen molar-refractivity contribution in [3.05, 3.63) is 30.4 Å². The van der Waals surface area contributed by atoms with Crippen molar-refractivity contribution in [3.63, 3.8) is 0 Å². The van der Waals surface area contributed by atoms with Crippen molar-refractivity contribution >= 4 is 0 Å². The standard InChI is InChI=1S/C14H20N2O/c1-14(10-17-11-14)9-16-8-7-15-13(16)12-5-3-2-4-6-12/h2-3,7-8,12H,4-6,9-11H2,1H3. The van der Waals surface area contributed by atoms with Gasteiger partial charge in [-0.2, -0.15) is 0 Å². The van der Waals surface area contributed by atoms with Gasteiger partial charge in [0.05, 0.1) is 13.2 Å². The molecule has 0 aromatic carbocycles. The highest BCUT2D eigenvalue weighted by Crippen LogP contribution is 2.32. The van der Waals surface area contributed by atoms with Crippen molar-refractivity contribution < 1.29 is 4.74 Å². The predicted octanol–water partition coefficient (Wildman–Crippen LogP) is 2.74. The van der Waals surface area contributed by atoms with Crippen LogP contribution < -0.4 is 0 Å².